The topological polar surface area (TPSA) is 97.2 Å². The summed E-state index contributed by atoms with van der Waals surface area (Å²) in [4.78, 5) is 22.7. The van der Waals surface area contributed by atoms with Crippen molar-refractivity contribution in [3.8, 4) is 11.5 Å². The summed E-state index contributed by atoms with van der Waals surface area (Å²) in [5, 5.41) is 12.8. The van der Waals surface area contributed by atoms with Gasteiger partial charge in [-0.3, -0.25) is 4.79 Å². The average Bonchev–Trinajstić information content (AvgIpc) is 2.63. The van der Waals surface area contributed by atoms with Gasteiger partial charge in [-0.2, -0.15) is 5.10 Å². The summed E-state index contributed by atoms with van der Waals surface area (Å²) in [6.07, 6.45) is 1.71. The molecular formula is C19H18BrIN2O5. The number of carboxylic acids is 1. The largest absolute Gasteiger partial charge is 0.490 e. The first-order valence-corrected chi connectivity index (χ1v) is 10.1. The maximum atomic E-state index is 12.0. The van der Waals surface area contributed by atoms with Crippen LogP contribution in [0.1, 0.15) is 18.1 Å². The van der Waals surface area contributed by atoms with E-state index in [-0.39, 0.29) is 12.3 Å². The number of halogens is 2. The molecule has 2 aromatic carbocycles. The molecule has 0 bridgehead atoms. The van der Waals surface area contributed by atoms with E-state index >= 15 is 0 Å². The quantitative estimate of drug-likeness (QED) is 0.277. The lowest BCUT2D eigenvalue weighted by Gasteiger charge is -2.13. The summed E-state index contributed by atoms with van der Waals surface area (Å²) >= 11 is 5.38. The van der Waals surface area contributed by atoms with Crippen LogP contribution in [0, 0.1) is 3.57 Å². The second-order valence-electron chi connectivity index (χ2n) is 5.54. The molecule has 0 heterocycles. The monoisotopic (exact) mass is 560 g/mol. The molecule has 0 unspecified atom stereocenters. The molecule has 9 heteroatoms. The average molecular weight is 561 g/mol. The number of carboxylic acid groups (broad SMARTS) is 1. The number of carbonyl (C=O) groups excluding carboxylic acids is 1. The van der Waals surface area contributed by atoms with Gasteiger partial charge in [-0.25, -0.2) is 10.2 Å². The van der Waals surface area contributed by atoms with Gasteiger partial charge in [-0.05, 0) is 64.9 Å². The molecule has 0 aliphatic rings. The Balaban J connectivity index is 2.04. The smallest absolute Gasteiger partial charge is 0.341 e. The van der Waals surface area contributed by atoms with Crippen molar-refractivity contribution in [2.75, 3.05) is 13.2 Å². The molecule has 1 amide bonds. The number of hydrazone groups is 1. The molecule has 148 valence electrons. The van der Waals surface area contributed by atoms with Gasteiger partial charge < -0.3 is 14.6 Å². The van der Waals surface area contributed by atoms with Crippen molar-refractivity contribution in [1.29, 1.82) is 0 Å². The van der Waals surface area contributed by atoms with Crippen molar-refractivity contribution < 1.29 is 24.2 Å². The van der Waals surface area contributed by atoms with Crippen LogP contribution in [0.5, 0.6) is 11.5 Å². The zero-order valence-corrected chi connectivity index (χ0v) is 18.7. The SMILES string of the molecule is CCOc1cc(/C=N/NC(=O)Cc2ccc(Br)cc2)cc(I)c1OCC(=O)O. The van der Waals surface area contributed by atoms with Crippen molar-refractivity contribution in [2.24, 2.45) is 5.10 Å². The van der Waals surface area contributed by atoms with E-state index in [1.54, 1.807) is 12.1 Å². The molecule has 0 aromatic heterocycles. The molecule has 28 heavy (non-hydrogen) atoms. The van der Waals surface area contributed by atoms with E-state index in [1.165, 1.54) is 6.21 Å². The Morgan fingerprint density at radius 2 is 1.96 bits per heavy atom. The number of nitrogens with zero attached hydrogens (tertiary/aromatic N) is 1. The minimum Gasteiger partial charge on any atom is -0.490 e. The van der Waals surface area contributed by atoms with Crippen LogP contribution in [-0.2, 0) is 16.0 Å². The second-order valence-corrected chi connectivity index (χ2v) is 7.62. The Hall–Kier alpha value is -2.14. The maximum absolute atomic E-state index is 12.0. The molecular weight excluding hydrogens is 543 g/mol. The van der Waals surface area contributed by atoms with E-state index in [2.05, 4.69) is 26.5 Å². The van der Waals surface area contributed by atoms with Crippen LogP contribution in [0.2, 0.25) is 0 Å². The third kappa shape index (κ3) is 7.12. The van der Waals surface area contributed by atoms with E-state index < -0.39 is 12.6 Å². The normalized spacial score (nSPS) is 10.7. The lowest BCUT2D eigenvalue weighted by atomic mass is 10.1. The van der Waals surface area contributed by atoms with Crippen molar-refractivity contribution in [3.05, 3.63) is 55.6 Å². The van der Waals surface area contributed by atoms with E-state index in [1.807, 2.05) is 53.8 Å². The van der Waals surface area contributed by atoms with Crippen LogP contribution in [0.15, 0.2) is 46.0 Å². The highest BCUT2D eigenvalue weighted by Gasteiger charge is 2.13. The molecule has 7 nitrogen and oxygen atoms in total. The summed E-state index contributed by atoms with van der Waals surface area (Å²) in [5.74, 6) is -0.531. The number of ether oxygens (including phenoxy) is 2. The minimum absolute atomic E-state index is 0.217. The number of hydrogen-bond acceptors (Lipinski definition) is 5. The van der Waals surface area contributed by atoms with Crippen LogP contribution in [0.3, 0.4) is 0 Å². The predicted molar refractivity (Wildman–Crippen MR) is 117 cm³/mol. The molecule has 2 aromatic rings. The lowest BCUT2D eigenvalue weighted by Crippen LogP contribution is -2.19. The van der Waals surface area contributed by atoms with Crippen LogP contribution in [-0.4, -0.2) is 36.4 Å². The highest BCUT2D eigenvalue weighted by molar-refractivity contribution is 14.1. The van der Waals surface area contributed by atoms with Crippen LogP contribution < -0.4 is 14.9 Å². The number of nitrogens with one attached hydrogen (secondary N) is 1. The third-order valence-electron chi connectivity index (χ3n) is 3.35. The number of aliphatic carboxylic acids is 1. The number of hydrogen-bond donors (Lipinski definition) is 2. The van der Waals surface area contributed by atoms with Crippen LogP contribution >= 0.6 is 38.5 Å². The van der Waals surface area contributed by atoms with Gasteiger partial charge in [0, 0.05) is 4.47 Å². The third-order valence-corrected chi connectivity index (χ3v) is 4.68. The van der Waals surface area contributed by atoms with Crippen molar-refractivity contribution in [2.45, 2.75) is 13.3 Å². The molecule has 2 rings (SSSR count). The summed E-state index contributed by atoms with van der Waals surface area (Å²) in [5.41, 5.74) is 4.05. The van der Waals surface area contributed by atoms with Gasteiger partial charge in [-0.15, -0.1) is 0 Å². The summed E-state index contributed by atoms with van der Waals surface area (Å²) in [7, 11) is 0. The van der Waals surface area contributed by atoms with E-state index in [0.29, 0.717) is 27.2 Å². The van der Waals surface area contributed by atoms with Crippen LogP contribution in [0.4, 0.5) is 0 Å². The summed E-state index contributed by atoms with van der Waals surface area (Å²) in [6.45, 7) is 1.75. The zero-order chi connectivity index (χ0) is 20.5. The number of amides is 1. The van der Waals surface area contributed by atoms with Gasteiger partial charge in [0.2, 0.25) is 5.91 Å². The standard InChI is InChI=1S/C19H18BrIN2O5/c1-2-27-16-8-13(7-15(21)19(16)28-11-18(25)26)10-22-23-17(24)9-12-3-5-14(20)6-4-12/h3-8,10H,2,9,11H2,1H3,(H,23,24)(H,25,26)/b22-10+. The van der Waals surface area contributed by atoms with Crippen molar-refractivity contribution in [1.82, 2.24) is 5.43 Å². The van der Waals surface area contributed by atoms with Gasteiger partial charge in [0.1, 0.15) is 0 Å². The molecule has 0 aliphatic heterocycles. The first-order valence-electron chi connectivity index (χ1n) is 8.26. The number of rotatable bonds is 9. The molecule has 2 N–H and O–H groups in total. The minimum atomic E-state index is -1.07. The Bertz CT molecular complexity index is 871. The predicted octanol–water partition coefficient (Wildman–Crippen LogP) is 3.61. The van der Waals surface area contributed by atoms with Gasteiger partial charge in [0.05, 0.1) is 22.8 Å². The molecule has 0 spiro atoms. The molecule has 0 saturated heterocycles. The van der Waals surface area contributed by atoms with Gasteiger partial charge in [-0.1, -0.05) is 28.1 Å². The fourth-order valence-corrected chi connectivity index (χ4v) is 3.25. The highest BCUT2D eigenvalue weighted by atomic mass is 127. The maximum Gasteiger partial charge on any atom is 0.341 e. The number of carbonyl (C=O) groups is 2. The van der Waals surface area contributed by atoms with Gasteiger partial charge in [0.25, 0.3) is 0 Å². The lowest BCUT2D eigenvalue weighted by molar-refractivity contribution is -0.139. The Labute approximate surface area is 184 Å². The van der Waals surface area contributed by atoms with E-state index in [0.717, 1.165) is 10.0 Å². The Morgan fingerprint density at radius 1 is 1.25 bits per heavy atom. The van der Waals surface area contributed by atoms with E-state index in [9.17, 15) is 9.59 Å². The van der Waals surface area contributed by atoms with Gasteiger partial charge in [0.15, 0.2) is 18.1 Å². The second kappa shape index (κ2) is 11.0. The Morgan fingerprint density at radius 3 is 2.61 bits per heavy atom. The van der Waals surface area contributed by atoms with Gasteiger partial charge >= 0.3 is 5.97 Å². The highest BCUT2D eigenvalue weighted by Crippen LogP contribution is 2.33. The van der Waals surface area contributed by atoms with Crippen molar-refractivity contribution >= 4 is 56.6 Å². The molecule has 0 saturated carbocycles. The fourth-order valence-electron chi connectivity index (χ4n) is 2.21. The first-order chi connectivity index (χ1) is 13.4. The molecule has 0 radical (unpaired) electrons. The van der Waals surface area contributed by atoms with Crippen LogP contribution in [0.25, 0.3) is 0 Å². The zero-order valence-electron chi connectivity index (χ0n) is 14.9. The summed E-state index contributed by atoms with van der Waals surface area (Å²) in [6, 6.07) is 10.9. The number of benzene rings is 2. The molecule has 0 fully saturated rings. The van der Waals surface area contributed by atoms with Crippen molar-refractivity contribution in [3.63, 3.8) is 0 Å². The fraction of sp³-hybridized carbons (Fsp3) is 0.211. The molecule has 0 aliphatic carbocycles. The Kier molecular flexibility index (Phi) is 8.71. The molecule has 0 atom stereocenters. The van der Waals surface area contributed by atoms with E-state index in [4.69, 9.17) is 14.6 Å². The summed E-state index contributed by atoms with van der Waals surface area (Å²) < 4.78 is 12.5. The first kappa shape index (κ1) is 22.2.